The highest BCUT2D eigenvalue weighted by Crippen LogP contribution is 2.31. The summed E-state index contributed by atoms with van der Waals surface area (Å²) >= 11 is 0. The van der Waals surface area contributed by atoms with Gasteiger partial charge in [-0.05, 0) is 37.8 Å². The van der Waals surface area contributed by atoms with Crippen molar-refractivity contribution in [3.8, 4) is 0 Å². The Kier molecular flexibility index (Phi) is 3.42. The Morgan fingerprint density at radius 1 is 1.27 bits per heavy atom. The van der Waals surface area contributed by atoms with Gasteiger partial charge in [0.05, 0.1) is 0 Å². The van der Waals surface area contributed by atoms with Gasteiger partial charge in [-0.2, -0.15) is 0 Å². The van der Waals surface area contributed by atoms with Crippen LogP contribution in [0.1, 0.15) is 38.2 Å². The van der Waals surface area contributed by atoms with Crippen LogP contribution in [0.25, 0.3) is 0 Å². The summed E-state index contributed by atoms with van der Waals surface area (Å²) in [5.74, 6) is 0.757. The first-order chi connectivity index (χ1) is 7.31. The molecule has 1 aliphatic heterocycles. The maximum atomic E-state index is 2.62. The monoisotopic (exact) mass is 203 g/mol. The second kappa shape index (κ2) is 4.80. The molecule has 1 heterocycles. The smallest absolute Gasteiger partial charge is 0.00734 e. The van der Waals surface area contributed by atoms with Crippen molar-refractivity contribution in [3.63, 3.8) is 0 Å². The average molecular weight is 203 g/mol. The number of benzene rings is 1. The molecule has 0 aromatic heterocycles. The van der Waals surface area contributed by atoms with Crippen LogP contribution < -0.4 is 0 Å². The second-order valence-corrected chi connectivity index (χ2v) is 4.69. The van der Waals surface area contributed by atoms with Crippen LogP contribution in [0, 0.1) is 0 Å². The lowest BCUT2D eigenvalue weighted by Crippen LogP contribution is -2.27. The van der Waals surface area contributed by atoms with E-state index in [1.54, 1.807) is 0 Å². The highest BCUT2D eigenvalue weighted by atomic mass is 15.2. The Morgan fingerprint density at radius 3 is 2.67 bits per heavy atom. The van der Waals surface area contributed by atoms with Crippen LogP contribution >= 0.6 is 0 Å². The molecule has 2 rings (SSSR count). The molecular weight excluding hydrogens is 182 g/mol. The first kappa shape index (κ1) is 10.7. The molecule has 2 unspecified atom stereocenters. The van der Waals surface area contributed by atoms with Crippen molar-refractivity contribution in [2.75, 3.05) is 13.1 Å². The van der Waals surface area contributed by atoms with Gasteiger partial charge in [0.15, 0.2) is 0 Å². The van der Waals surface area contributed by atoms with Crippen molar-refractivity contribution in [1.82, 2.24) is 4.90 Å². The minimum absolute atomic E-state index is 0.757. The summed E-state index contributed by atoms with van der Waals surface area (Å²) in [6, 6.07) is 11.7. The molecule has 82 valence electrons. The molecule has 2 atom stereocenters. The third kappa shape index (κ3) is 2.40. The minimum Gasteiger partial charge on any atom is -0.300 e. The van der Waals surface area contributed by atoms with Gasteiger partial charge in [0.25, 0.3) is 0 Å². The molecule has 0 bridgehead atoms. The number of rotatable bonds is 3. The number of nitrogens with zero attached hydrogens (tertiary/aromatic N) is 1. The van der Waals surface area contributed by atoms with E-state index >= 15 is 0 Å². The molecule has 1 fully saturated rings. The van der Waals surface area contributed by atoms with Crippen LogP contribution in [0.4, 0.5) is 0 Å². The summed E-state index contributed by atoms with van der Waals surface area (Å²) < 4.78 is 0. The lowest BCUT2D eigenvalue weighted by Gasteiger charge is -2.19. The highest BCUT2D eigenvalue weighted by molar-refractivity contribution is 5.21. The molecule has 0 spiro atoms. The van der Waals surface area contributed by atoms with E-state index < -0.39 is 0 Å². The van der Waals surface area contributed by atoms with E-state index in [0.29, 0.717) is 0 Å². The summed E-state index contributed by atoms with van der Waals surface area (Å²) in [7, 11) is 0. The van der Waals surface area contributed by atoms with Crippen molar-refractivity contribution in [2.45, 2.75) is 38.6 Å². The van der Waals surface area contributed by atoms with E-state index in [9.17, 15) is 0 Å². The van der Waals surface area contributed by atoms with E-state index in [1.165, 1.54) is 31.5 Å². The molecule has 0 saturated carbocycles. The first-order valence-electron chi connectivity index (χ1n) is 6.10. The van der Waals surface area contributed by atoms with E-state index in [2.05, 4.69) is 49.1 Å². The summed E-state index contributed by atoms with van der Waals surface area (Å²) in [5.41, 5.74) is 1.52. The zero-order valence-electron chi connectivity index (χ0n) is 9.82. The number of likely N-dealkylation sites (tertiary alicyclic amines) is 1. The Morgan fingerprint density at radius 2 is 2.00 bits per heavy atom. The van der Waals surface area contributed by atoms with E-state index in [4.69, 9.17) is 0 Å². The Bertz CT molecular complexity index is 293. The van der Waals surface area contributed by atoms with Gasteiger partial charge in [0.2, 0.25) is 0 Å². The summed E-state index contributed by atoms with van der Waals surface area (Å²) in [4.78, 5) is 2.62. The van der Waals surface area contributed by atoms with Crippen molar-refractivity contribution >= 4 is 0 Å². The lowest BCUT2D eigenvalue weighted by atomic mass is 9.97. The van der Waals surface area contributed by atoms with Gasteiger partial charge in [0.1, 0.15) is 0 Å². The fourth-order valence-electron chi connectivity index (χ4n) is 2.66. The molecule has 1 aliphatic rings. The van der Waals surface area contributed by atoms with Gasteiger partial charge in [-0.3, -0.25) is 0 Å². The van der Waals surface area contributed by atoms with Gasteiger partial charge in [-0.1, -0.05) is 37.3 Å². The van der Waals surface area contributed by atoms with Gasteiger partial charge >= 0.3 is 0 Å². The van der Waals surface area contributed by atoms with Crippen molar-refractivity contribution in [2.24, 2.45) is 0 Å². The Balaban J connectivity index is 2.03. The van der Waals surface area contributed by atoms with Gasteiger partial charge in [-0.25, -0.2) is 0 Å². The standard InChI is InChI=1S/C14H21N/c1-3-9-15-11-14(10-12(15)2)13-7-5-4-6-8-13/h4-8,12,14H,3,9-11H2,1-2H3. The van der Waals surface area contributed by atoms with Gasteiger partial charge in [-0.15, -0.1) is 0 Å². The lowest BCUT2D eigenvalue weighted by molar-refractivity contribution is 0.268. The average Bonchev–Trinajstić information content (AvgIpc) is 2.63. The second-order valence-electron chi connectivity index (χ2n) is 4.69. The third-order valence-electron chi connectivity index (χ3n) is 3.49. The van der Waals surface area contributed by atoms with E-state index in [1.807, 2.05) is 0 Å². The van der Waals surface area contributed by atoms with Crippen LogP contribution in [0.15, 0.2) is 30.3 Å². The molecule has 15 heavy (non-hydrogen) atoms. The fraction of sp³-hybridized carbons (Fsp3) is 0.571. The Labute approximate surface area is 93.1 Å². The van der Waals surface area contributed by atoms with Crippen LogP contribution in [0.5, 0.6) is 0 Å². The molecule has 1 saturated heterocycles. The first-order valence-corrected chi connectivity index (χ1v) is 6.10. The maximum absolute atomic E-state index is 2.62. The summed E-state index contributed by atoms with van der Waals surface area (Å²) in [6.07, 6.45) is 2.59. The zero-order valence-corrected chi connectivity index (χ0v) is 9.82. The normalized spacial score (nSPS) is 27.1. The maximum Gasteiger partial charge on any atom is 0.00734 e. The summed E-state index contributed by atoms with van der Waals surface area (Å²) in [6.45, 7) is 7.13. The molecule has 0 radical (unpaired) electrons. The van der Waals surface area contributed by atoms with E-state index in [0.717, 1.165) is 12.0 Å². The minimum atomic E-state index is 0.757. The third-order valence-corrected chi connectivity index (χ3v) is 3.49. The van der Waals surface area contributed by atoms with Gasteiger partial charge in [0, 0.05) is 12.6 Å². The van der Waals surface area contributed by atoms with Crippen LogP contribution in [0.2, 0.25) is 0 Å². The molecule has 0 amide bonds. The topological polar surface area (TPSA) is 3.24 Å². The molecular formula is C14H21N. The fourth-order valence-corrected chi connectivity index (χ4v) is 2.66. The predicted octanol–water partition coefficient (Wildman–Crippen LogP) is 3.27. The molecule has 1 nitrogen and oxygen atoms in total. The number of hydrogen-bond acceptors (Lipinski definition) is 1. The van der Waals surface area contributed by atoms with Crippen molar-refractivity contribution in [3.05, 3.63) is 35.9 Å². The molecule has 1 aromatic rings. The quantitative estimate of drug-likeness (QED) is 0.728. The predicted molar refractivity (Wildman–Crippen MR) is 65.1 cm³/mol. The largest absolute Gasteiger partial charge is 0.300 e. The molecule has 1 aromatic carbocycles. The van der Waals surface area contributed by atoms with Crippen molar-refractivity contribution in [1.29, 1.82) is 0 Å². The van der Waals surface area contributed by atoms with Gasteiger partial charge < -0.3 is 4.90 Å². The summed E-state index contributed by atoms with van der Waals surface area (Å²) in [5, 5.41) is 0. The van der Waals surface area contributed by atoms with Crippen molar-refractivity contribution < 1.29 is 0 Å². The molecule has 0 N–H and O–H groups in total. The van der Waals surface area contributed by atoms with Crippen LogP contribution in [-0.2, 0) is 0 Å². The molecule has 1 heteroatoms. The zero-order chi connectivity index (χ0) is 10.7. The Hall–Kier alpha value is -0.820. The van der Waals surface area contributed by atoms with E-state index in [-0.39, 0.29) is 0 Å². The highest BCUT2D eigenvalue weighted by Gasteiger charge is 2.28. The van der Waals surface area contributed by atoms with Crippen LogP contribution in [-0.4, -0.2) is 24.0 Å². The SMILES string of the molecule is CCCN1CC(c2ccccc2)CC1C. The van der Waals surface area contributed by atoms with Crippen LogP contribution in [0.3, 0.4) is 0 Å². The number of hydrogen-bond donors (Lipinski definition) is 0. The molecule has 0 aliphatic carbocycles.